The molecule has 2 heterocycles. The number of epoxide rings is 2. The molecule has 2 aliphatic heterocycles. The van der Waals surface area contributed by atoms with Gasteiger partial charge in [-0.2, -0.15) is 0 Å². The van der Waals surface area contributed by atoms with Gasteiger partial charge < -0.3 is 19.3 Å². The van der Waals surface area contributed by atoms with Gasteiger partial charge in [-0.15, -0.1) is 0 Å². The fourth-order valence-electron chi connectivity index (χ4n) is 4.03. The number of hydrogen-bond acceptors (Lipinski definition) is 5. The molecule has 0 bridgehead atoms. The molecule has 0 amide bonds. The second kappa shape index (κ2) is 5.32. The van der Waals surface area contributed by atoms with Gasteiger partial charge in [-0.3, -0.25) is 4.79 Å². The molecule has 0 unspecified atom stereocenters. The summed E-state index contributed by atoms with van der Waals surface area (Å²) in [4.78, 5) is 11.2. The Hall–Kier alpha value is -0.910. The maximum Gasteiger partial charge on any atom is 0.302 e. The fourth-order valence-corrected chi connectivity index (χ4v) is 4.03. The molecule has 1 N–H and O–H groups in total. The summed E-state index contributed by atoms with van der Waals surface area (Å²) in [5.41, 5.74) is 0.572. The van der Waals surface area contributed by atoms with Crippen molar-refractivity contribution in [2.45, 2.75) is 76.5 Å². The number of carbonyl (C=O) groups is 1. The number of aliphatic hydroxyl groups is 1. The Morgan fingerprint density at radius 3 is 2.64 bits per heavy atom. The first kappa shape index (κ1) is 16.0. The van der Waals surface area contributed by atoms with Crippen LogP contribution in [0.2, 0.25) is 0 Å². The number of hydrogen-bond donors (Lipinski definition) is 1. The lowest BCUT2D eigenvalue weighted by molar-refractivity contribution is -0.165. The summed E-state index contributed by atoms with van der Waals surface area (Å²) >= 11 is 0. The average Bonchev–Trinajstić information content (AvgIpc) is 3.30. The standard InChI is InChI=1S/C17H26O5/c1-10(2)5-6-13-16(4,22-13)15-14(19)12(21-11(3)18)7-8-17(15)9-20-17/h5,12-15,19H,6-9H2,1-4H3/t12-,13-,14-,15-,16+,17+/m1/s1. The van der Waals surface area contributed by atoms with Crippen molar-refractivity contribution in [3.8, 4) is 0 Å². The van der Waals surface area contributed by atoms with Crippen molar-refractivity contribution >= 4 is 5.97 Å². The minimum Gasteiger partial charge on any atom is -0.460 e. The van der Waals surface area contributed by atoms with Crippen LogP contribution in [0.3, 0.4) is 0 Å². The van der Waals surface area contributed by atoms with Gasteiger partial charge in [-0.05, 0) is 40.0 Å². The molecule has 1 saturated carbocycles. The molecule has 22 heavy (non-hydrogen) atoms. The highest BCUT2D eigenvalue weighted by atomic mass is 16.6. The van der Waals surface area contributed by atoms with Crippen LogP contribution in [-0.4, -0.2) is 47.2 Å². The molecule has 1 aliphatic carbocycles. The third-order valence-electron chi connectivity index (χ3n) is 5.31. The molecule has 0 aromatic carbocycles. The number of esters is 1. The molecule has 5 heteroatoms. The van der Waals surface area contributed by atoms with E-state index < -0.39 is 17.8 Å². The van der Waals surface area contributed by atoms with E-state index in [4.69, 9.17) is 14.2 Å². The summed E-state index contributed by atoms with van der Waals surface area (Å²) < 4.78 is 17.0. The summed E-state index contributed by atoms with van der Waals surface area (Å²) in [6.07, 6.45) is 3.36. The molecule has 5 nitrogen and oxygen atoms in total. The molecular weight excluding hydrogens is 284 g/mol. The van der Waals surface area contributed by atoms with Crippen molar-refractivity contribution < 1.29 is 24.1 Å². The second-order valence-corrected chi connectivity index (χ2v) is 7.32. The number of rotatable bonds is 4. The van der Waals surface area contributed by atoms with Crippen LogP contribution in [0.25, 0.3) is 0 Å². The minimum absolute atomic E-state index is 0.0965. The van der Waals surface area contributed by atoms with Crippen molar-refractivity contribution in [1.29, 1.82) is 0 Å². The van der Waals surface area contributed by atoms with Crippen LogP contribution in [0.4, 0.5) is 0 Å². The van der Waals surface area contributed by atoms with Crippen molar-refractivity contribution in [3.05, 3.63) is 11.6 Å². The largest absolute Gasteiger partial charge is 0.460 e. The zero-order chi connectivity index (χ0) is 16.1. The van der Waals surface area contributed by atoms with Gasteiger partial charge in [0, 0.05) is 6.92 Å². The lowest BCUT2D eigenvalue weighted by Crippen LogP contribution is -2.54. The van der Waals surface area contributed by atoms with E-state index in [2.05, 4.69) is 19.9 Å². The first-order chi connectivity index (χ1) is 10.3. The predicted octanol–water partition coefficient (Wildman–Crippen LogP) is 1.97. The third kappa shape index (κ3) is 2.70. The zero-order valence-electron chi connectivity index (χ0n) is 13.8. The number of aliphatic hydroxyl groups excluding tert-OH is 1. The van der Waals surface area contributed by atoms with Crippen molar-refractivity contribution in [2.24, 2.45) is 5.92 Å². The smallest absolute Gasteiger partial charge is 0.302 e. The lowest BCUT2D eigenvalue weighted by Gasteiger charge is -2.40. The zero-order valence-corrected chi connectivity index (χ0v) is 13.8. The summed E-state index contributed by atoms with van der Waals surface area (Å²) in [5, 5.41) is 10.8. The topological polar surface area (TPSA) is 71.6 Å². The third-order valence-corrected chi connectivity index (χ3v) is 5.31. The highest BCUT2D eigenvalue weighted by molar-refractivity contribution is 5.66. The van der Waals surface area contributed by atoms with Crippen LogP contribution in [0.1, 0.15) is 47.0 Å². The Bertz CT molecular complexity index is 491. The summed E-state index contributed by atoms with van der Waals surface area (Å²) in [5.74, 6) is -0.493. The highest BCUT2D eigenvalue weighted by Crippen LogP contribution is 2.59. The van der Waals surface area contributed by atoms with E-state index in [9.17, 15) is 9.90 Å². The summed E-state index contributed by atoms with van der Waals surface area (Å²) in [7, 11) is 0. The van der Waals surface area contributed by atoms with Crippen LogP contribution in [-0.2, 0) is 19.0 Å². The van der Waals surface area contributed by atoms with E-state index >= 15 is 0 Å². The maximum absolute atomic E-state index is 11.2. The van der Waals surface area contributed by atoms with Crippen LogP contribution in [0, 0.1) is 5.92 Å². The molecule has 2 saturated heterocycles. The second-order valence-electron chi connectivity index (χ2n) is 7.32. The van der Waals surface area contributed by atoms with Gasteiger partial charge >= 0.3 is 5.97 Å². The number of carbonyl (C=O) groups excluding carboxylic acids is 1. The highest BCUT2D eigenvalue weighted by Gasteiger charge is 2.71. The van der Waals surface area contributed by atoms with E-state index in [1.807, 2.05) is 6.92 Å². The molecule has 0 aromatic heterocycles. The van der Waals surface area contributed by atoms with Crippen molar-refractivity contribution in [2.75, 3.05) is 6.61 Å². The lowest BCUT2D eigenvalue weighted by atomic mass is 9.68. The molecule has 0 aromatic rings. The Morgan fingerprint density at radius 1 is 1.41 bits per heavy atom. The molecule has 1 spiro atoms. The van der Waals surface area contributed by atoms with Gasteiger partial charge in [-0.1, -0.05) is 11.6 Å². The van der Waals surface area contributed by atoms with Gasteiger partial charge in [-0.25, -0.2) is 0 Å². The van der Waals surface area contributed by atoms with Crippen molar-refractivity contribution in [3.63, 3.8) is 0 Å². The van der Waals surface area contributed by atoms with E-state index in [-0.39, 0.29) is 23.6 Å². The van der Waals surface area contributed by atoms with Crippen LogP contribution in [0.15, 0.2) is 11.6 Å². The van der Waals surface area contributed by atoms with Gasteiger partial charge in [0.15, 0.2) is 0 Å². The maximum atomic E-state index is 11.2. The Balaban J connectivity index is 1.75. The van der Waals surface area contributed by atoms with Gasteiger partial charge in [0.25, 0.3) is 0 Å². The average molecular weight is 310 g/mol. The number of allylic oxidation sites excluding steroid dienone is 1. The van der Waals surface area contributed by atoms with E-state index in [1.165, 1.54) is 12.5 Å². The van der Waals surface area contributed by atoms with Crippen LogP contribution >= 0.6 is 0 Å². The van der Waals surface area contributed by atoms with Crippen LogP contribution < -0.4 is 0 Å². The normalized spacial score (nSPS) is 46.2. The number of ether oxygens (including phenoxy) is 3. The molecule has 124 valence electrons. The minimum atomic E-state index is -0.734. The molecule has 3 fully saturated rings. The van der Waals surface area contributed by atoms with E-state index in [0.717, 1.165) is 12.8 Å². The Morgan fingerprint density at radius 2 is 2.09 bits per heavy atom. The van der Waals surface area contributed by atoms with Crippen molar-refractivity contribution in [1.82, 2.24) is 0 Å². The Labute approximate surface area is 131 Å². The van der Waals surface area contributed by atoms with E-state index in [1.54, 1.807) is 0 Å². The summed E-state index contributed by atoms with van der Waals surface area (Å²) in [6.45, 7) is 8.22. The molecule has 0 radical (unpaired) electrons. The first-order valence-corrected chi connectivity index (χ1v) is 8.09. The van der Waals surface area contributed by atoms with E-state index in [0.29, 0.717) is 13.0 Å². The quantitative estimate of drug-likeness (QED) is 0.488. The molecule has 6 atom stereocenters. The van der Waals surface area contributed by atoms with Gasteiger partial charge in [0.2, 0.25) is 0 Å². The summed E-state index contributed by atoms with van der Waals surface area (Å²) in [6, 6.07) is 0. The fraction of sp³-hybridized carbons (Fsp3) is 0.824. The van der Waals surface area contributed by atoms with Gasteiger partial charge in [0.05, 0.1) is 24.7 Å². The molecular formula is C17H26O5. The Kier molecular flexibility index (Phi) is 3.86. The predicted molar refractivity (Wildman–Crippen MR) is 80.3 cm³/mol. The van der Waals surface area contributed by atoms with Gasteiger partial charge in [0.1, 0.15) is 17.3 Å². The molecule has 3 rings (SSSR count). The molecule has 3 aliphatic rings. The SMILES string of the molecule is CC(=O)O[C@@H]1CC[C@]2(CO2)[C@@H]([C@@]2(C)O[C@@H]2CC=C(C)C)[C@@H]1O. The monoisotopic (exact) mass is 310 g/mol. The first-order valence-electron chi connectivity index (χ1n) is 8.09. The van der Waals surface area contributed by atoms with Crippen LogP contribution in [0.5, 0.6) is 0 Å².